The summed E-state index contributed by atoms with van der Waals surface area (Å²) < 4.78 is 13.7. The van der Waals surface area contributed by atoms with Gasteiger partial charge < -0.3 is 10.8 Å². The van der Waals surface area contributed by atoms with E-state index in [9.17, 15) is 9.50 Å². The number of nitrogens with two attached hydrogens (primary N) is 1. The number of phenolic OH excluding ortho intramolecular Hbond substituents is 1. The summed E-state index contributed by atoms with van der Waals surface area (Å²) in [7, 11) is 0. The molecule has 1 aromatic carbocycles. The van der Waals surface area contributed by atoms with Crippen LogP contribution in [0, 0.1) is 5.82 Å². The second-order valence-corrected chi connectivity index (χ2v) is 4.53. The molecular formula is C11H13ClFNO. The first-order chi connectivity index (χ1) is 7.09. The van der Waals surface area contributed by atoms with Gasteiger partial charge in [-0.15, -0.1) is 0 Å². The highest BCUT2D eigenvalue weighted by atomic mass is 35.5. The van der Waals surface area contributed by atoms with E-state index in [1.54, 1.807) is 0 Å². The Labute approximate surface area is 92.9 Å². The van der Waals surface area contributed by atoms with Gasteiger partial charge in [-0.05, 0) is 24.5 Å². The van der Waals surface area contributed by atoms with Gasteiger partial charge >= 0.3 is 0 Å². The maximum Gasteiger partial charge on any atom is 0.137 e. The maximum absolute atomic E-state index is 13.7. The lowest BCUT2D eigenvalue weighted by Crippen LogP contribution is -2.42. The number of hydrogen-bond donors (Lipinski definition) is 2. The molecule has 0 atom stereocenters. The molecule has 0 aromatic heterocycles. The summed E-state index contributed by atoms with van der Waals surface area (Å²) in [5.41, 5.74) is 5.96. The number of hydrogen-bond acceptors (Lipinski definition) is 2. The minimum atomic E-state index is -0.415. The van der Waals surface area contributed by atoms with Crippen molar-refractivity contribution in [3.05, 3.63) is 28.5 Å². The van der Waals surface area contributed by atoms with Crippen LogP contribution in [0.1, 0.15) is 24.8 Å². The first kappa shape index (κ1) is 10.7. The van der Waals surface area contributed by atoms with Crippen molar-refractivity contribution in [3.63, 3.8) is 0 Å². The molecule has 1 aliphatic rings. The van der Waals surface area contributed by atoms with Crippen molar-refractivity contribution in [3.8, 4) is 5.75 Å². The lowest BCUT2D eigenvalue weighted by atomic mass is 9.64. The number of aromatic hydroxyl groups is 1. The Morgan fingerprint density at radius 2 is 2.13 bits per heavy atom. The van der Waals surface area contributed by atoms with Gasteiger partial charge in [-0.25, -0.2) is 4.39 Å². The molecule has 0 heterocycles. The summed E-state index contributed by atoms with van der Waals surface area (Å²) in [5, 5.41) is 9.44. The molecule has 2 nitrogen and oxygen atoms in total. The topological polar surface area (TPSA) is 46.2 Å². The van der Waals surface area contributed by atoms with E-state index in [1.165, 1.54) is 6.07 Å². The second-order valence-electron chi connectivity index (χ2n) is 4.12. The van der Waals surface area contributed by atoms with Crippen LogP contribution >= 0.6 is 11.6 Å². The van der Waals surface area contributed by atoms with E-state index in [0.29, 0.717) is 12.1 Å². The van der Waals surface area contributed by atoms with E-state index in [0.717, 1.165) is 25.3 Å². The molecule has 82 valence electrons. The maximum atomic E-state index is 13.7. The molecule has 3 N–H and O–H groups in total. The fourth-order valence-electron chi connectivity index (χ4n) is 2.13. The Morgan fingerprint density at radius 3 is 2.60 bits per heavy atom. The SMILES string of the molecule is NCC1(c2cc(Cl)c(O)cc2F)CCC1. The van der Waals surface area contributed by atoms with Gasteiger partial charge in [-0.1, -0.05) is 18.0 Å². The Morgan fingerprint density at radius 1 is 1.47 bits per heavy atom. The van der Waals surface area contributed by atoms with Gasteiger partial charge in [0.1, 0.15) is 11.6 Å². The van der Waals surface area contributed by atoms with Crippen molar-refractivity contribution in [2.45, 2.75) is 24.7 Å². The van der Waals surface area contributed by atoms with Crippen molar-refractivity contribution in [2.75, 3.05) is 6.54 Å². The molecule has 0 unspecified atom stereocenters. The standard InChI is InChI=1S/C11H13ClFNO/c12-8-4-7(9(13)5-10(8)15)11(6-14)2-1-3-11/h4-5,15H,1-3,6,14H2. The van der Waals surface area contributed by atoms with E-state index in [4.69, 9.17) is 17.3 Å². The van der Waals surface area contributed by atoms with Gasteiger partial charge in [0.2, 0.25) is 0 Å². The van der Waals surface area contributed by atoms with E-state index < -0.39 is 5.82 Å². The average molecular weight is 230 g/mol. The molecule has 15 heavy (non-hydrogen) atoms. The number of halogens is 2. The summed E-state index contributed by atoms with van der Waals surface area (Å²) >= 11 is 5.77. The van der Waals surface area contributed by atoms with Gasteiger partial charge in [-0.3, -0.25) is 0 Å². The van der Waals surface area contributed by atoms with E-state index in [2.05, 4.69) is 0 Å². The molecule has 1 fully saturated rings. The third kappa shape index (κ3) is 1.60. The van der Waals surface area contributed by atoms with Gasteiger partial charge in [-0.2, -0.15) is 0 Å². The molecule has 1 aromatic rings. The Hall–Kier alpha value is -0.800. The van der Waals surface area contributed by atoms with E-state index in [-0.39, 0.29) is 16.2 Å². The second kappa shape index (κ2) is 3.65. The minimum absolute atomic E-state index is 0.186. The van der Waals surface area contributed by atoms with Crippen molar-refractivity contribution in [1.29, 1.82) is 0 Å². The average Bonchev–Trinajstić information content (AvgIpc) is 2.12. The fourth-order valence-corrected chi connectivity index (χ4v) is 2.29. The first-order valence-electron chi connectivity index (χ1n) is 4.98. The third-order valence-electron chi connectivity index (χ3n) is 3.31. The lowest BCUT2D eigenvalue weighted by molar-refractivity contribution is 0.244. The van der Waals surface area contributed by atoms with Crippen LogP contribution in [0.15, 0.2) is 12.1 Å². The highest BCUT2D eigenvalue weighted by molar-refractivity contribution is 6.32. The van der Waals surface area contributed by atoms with Crippen molar-refractivity contribution < 1.29 is 9.50 Å². The Kier molecular flexibility index (Phi) is 2.61. The Balaban J connectivity index is 2.47. The van der Waals surface area contributed by atoms with Gasteiger partial charge in [0.25, 0.3) is 0 Å². The van der Waals surface area contributed by atoms with Crippen molar-refractivity contribution in [1.82, 2.24) is 0 Å². The number of phenols is 1. The zero-order valence-corrected chi connectivity index (χ0v) is 9.02. The normalized spacial score (nSPS) is 18.6. The van der Waals surface area contributed by atoms with Crippen LogP contribution in [-0.2, 0) is 5.41 Å². The molecule has 1 saturated carbocycles. The molecule has 4 heteroatoms. The largest absolute Gasteiger partial charge is 0.506 e. The molecule has 0 amide bonds. The van der Waals surface area contributed by atoms with Crippen LogP contribution in [0.5, 0.6) is 5.75 Å². The predicted octanol–water partition coefficient (Wildman–Crippen LogP) is 2.57. The molecule has 0 aliphatic heterocycles. The molecule has 0 saturated heterocycles. The number of rotatable bonds is 2. The van der Waals surface area contributed by atoms with Crippen LogP contribution in [0.4, 0.5) is 4.39 Å². The molecule has 1 aliphatic carbocycles. The third-order valence-corrected chi connectivity index (χ3v) is 3.61. The summed E-state index contributed by atoms with van der Waals surface area (Å²) in [4.78, 5) is 0. The van der Waals surface area contributed by atoms with Crippen molar-refractivity contribution in [2.24, 2.45) is 5.73 Å². The predicted molar refractivity (Wildman–Crippen MR) is 57.7 cm³/mol. The van der Waals surface area contributed by atoms with Gasteiger partial charge in [0.15, 0.2) is 0 Å². The fraction of sp³-hybridized carbons (Fsp3) is 0.455. The van der Waals surface area contributed by atoms with Crippen LogP contribution in [0.25, 0.3) is 0 Å². The lowest BCUT2D eigenvalue weighted by Gasteiger charge is -2.41. The Bertz CT molecular complexity index is 385. The van der Waals surface area contributed by atoms with E-state index >= 15 is 0 Å². The number of benzene rings is 1. The summed E-state index contributed by atoms with van der Waals surface area (Å²) in [6.07, 6.45) is 2.85. The van der Waals surface area contributed by atoms with Crippen LogP contribution < -0.4 is 5.73 Å². The van der Waals surface area contributed by atoms with Crippen LogP contribution in [-0.4, -0.2) is 11.7 Å². The van der Waals surface area contributed by atoms with Crippen molar-refractivity contribution >= 4 is 11.6 Å². The van der Waals surface area contributed by atoms with Crippen LogP contribution in [0.2, 0.25) is 5.02 Å². The quantitative estimate of drug-likeness (QED) is 0.819. The smallest absolute Gasteiger partial charge is 0.137 e. The summed E-state index contributed by atoms with van der Waals surface area (Å²) in [6, 6.07) is 2.56. The zero-order valence-electron chi connectivity index (χ0n) is 8.26. The molecule has 0 bridgehead atoms. The molecular weight excluding hydrogens is 217 g/mol. The van der Waals surface area contributed by atoms with Gasteiger partial charge in [0, 0.05) is 18.0 Å². The van der Waals surface area contributed by atoms with E-state index in [1.807, 2.05) is 0 Å². The molecule has 0 radical (unpaired) electrons. The van der Waals surface area contributed by atoms with Gasteiger partial charge in [0.05, 0.1) is 5.02 Å². The highest BCUT2D eigenvalue weighted by Gasteiger charge is 2.39. The van der Waals surface area contributed by atoms with Crippen LogP contribution in [0.3, 0.4) is 0 Å². The summed E-state index contributed by atoms with van der Waals surface area (Å²) in [6.45, 7) is 0.422. The summed E-state index contributed by atoms with van der Waals surface area (Å²) in [5.74, 6) is -0.633. The first-order valence-corrected chi connectivity index (χ1v) is 5.35. The molecule has 0 spiro atoms. The highest BCUT2D eigenvalue weighted by Crippen LogP contribution is 2.45. The molecule has 2 rings (SSSR count). The zero-order chi connectivity index (χ0) is 11.1. The monoisotopic (exact) mass is 229 g/mol. The minimum Gasteiger partial charge on any atom is -0.506 e.